The molecule has 3 rings (SSSR count). The molecule has 1 amide bonds. The molecule has 0 saturated heterocycles. The number of aryl methyl sites for hydroxylation is 1. The second kappa shape index (κ2) is 6.48. The molecular weight excluding hydrogens is 322 g/mol. The zero-order valence-corrected chi connectivity index (χ0v) is 15.0. The number of carbonyl (C=O) groups excluding carboxylic acids is 1. The van der Waals surface area contributed by atoms with Gasteiger partial charge in [0.2, 0.25) is 5.91 Å². The molecule has 0 saturated carbocycles. The fourth-order valence-corrected chi connectivity index (χ4v) is 3.26. The van der Waals surface area contributed by atoms with Crippen molar-refractivity contribution >= 4 is 17.5 Å². The van der Waals surface area contributed by atoms with Crippen LogP contribution in [0.5, 0.6) is 5.75 Å². The number of benzene rings is 2. The van der Waals surface area contributed by atoms with E-state index in [0.29, 0.717) is 11.4 Å². The monoisotopic (exact) mass is 343 g/mol. The van der Waals surface area contributed by atoms with Crippen molar-refractivity contribution in [2.45, 2.75) is 45.3 Å². The molecule has 1 aliphatic heterocycles. The third kappa shape index (κ3) is 3.90. The molecule has 3 nitrogen and oxygen atoms in total. The highest BCUT2D eigenvalue weighted by atomic mass is 35.5. The predicted octanol–water partition coefficient (Wildman–Crippen LogP) is 4.61. The van der Waals surface area contributed by atoms with Crippen LogP contribution in [-0.2, 0) is 11.2 Å². The number of fused-ring (bicyclic) bond motifs is 1. The van der Waals surface area contributed by atoms with Crippen molar-refractivity contribution in [1.29, 1.82) is 0 Å². The molecule has 0 fully saturated rings. The SMILES string of the molecule is Cc1ccc2c(c1)[C@@H](NC(=O)Cc1ccc(Cl)cc1)CC(C)(C)O2. The smallest absolute Gasteiger partial charge is 0.224 e. The Labute approximate surface area is 148 Å². The van der Waals surface area contributed by atoms with Crippen molar-refractivity contribution in [3.8, 4) is 5.75 Å². The summed E-state index contributed by atoms with van der Waals surface area (Å²) in [6.45, 7) is 6.15. The van der Waals surface area contributed by atoms with Gasteiger partial charge in [-0.2, -0.15) is 0 Å². The van der Waals surface area contributed by atoms with Gasteiger partial charge in [0.15, 0.2) is 0 Å². The highest BCUT2D eigenvalue weighted by Crippen LogP contribution is 2.39. The van der Waals surface area contributed by atoms with Gasteiger partial charge >= 0.3 is 0 Å². The van der Waals surface area contributed by atoms with Crippen LogP contribution in [0, 0.1) is 6.92 Å². The van der Waals surface area contributed by atoms with E-state index in [-0.39, 0.29) is 17.6 Å². The quantitative estimate of drug-likeness (QED) is 0.883. The Hall–Kier alpha value is -2.00. The summed E-state index contributed by atoms with van der Waals surface area (Å²) in [7, 11) is 0. The summed E-state index contributed by atoms with van der Waals surface area (Å²) in [6.07, 6.45) is 1.09. The first kappa shape index (κ1) is 16.8. The van der Waals surface area contributed by atoms with E-state index in [0.717, 1.165) is 28.9 Å². The summed E-state index contributed by atoms with van der Waals surface area (Å²) in [5.74, 6) is 0.862. The molecule has 126 valence electrons. The van der Waals surface area contributed by atoms with Crippen molar-refractivity contribution in [3.05, 3.63) is 64.2 Å². The van der Waals surface area contributed by atoms with Crippen LogP contribution < -0.4 is 10.1 Å². The number of halogens is 1. The van der Waals surface area contributed by atoms with E-state index in [1.807, 2.05) is 45.0 Å². The standard InChI is InChI=1S/C20H22ClNO2/c1-13-4-9-18-16(10-13)17(12-20(2,3)24-18)22-19(23)11-14-5-7-15(21)8-6-14/h4-10,17H,11-12H2,1-3H3,(H,22,23)/t17-/m0/s1. The summed E-state index contributed by atoms with van der Waals surface area (Å²) in [6, 6.07) is 13.5. The number of hydrogen-bond donors (Lipinski definition) is 1. The molecule has 2 aromatic rings. The first-order valence-electron chi connectivity index (χ1n) is 8.16. The molecule has 0 unspecified atom stereocenters. The molecule has 1 N–H and O–H groups in total. The van der Waals surface area contributed by atoms with Gasteiger partial charge in [0.05, 0.1) is 12.5 Å². The summed E-state index contributed by atoms with van der Waals surface area (Å²) in [5.41, 5.74) is 2.86. The third-order valence-corrected chi connectivity index (χ3v) is 4.49. The van der Waals surface area contributed by atoms with Crippen molar-refractivity contribution in [1.82, 2.24) is 5.32 Å². The number of carbonyl (C=O) groups is 1. The Morgan fingerprint density at radius 3 is 2.67 bits per heavy atom. The van der Waals surface area contributed by atoms with Crippen LogP contribution in [0.15, 0.2) is 42.5 Å². The average Bonchev–Trinajstić information content (AvgIpc) is 2.49. The molecule has 1 atom stereocenters. The van der Waals surface area contributed by atoms with Gasteiger partial charge in [-0.05, 0) is 44.5 Å². The Kier molecular flexibility index (Phi) is 4.55. The Morgan fingerprint density at radius 2 is 1.96 bits per heavy atom. The minimum Gasteiger partial charge on any atom is -0.487 e. The number of rotatable bonds is 3. The van der Waals surface area contributed by atoms with Gasteiger partial charge in [0, 0.05) is 17.0 Å². The van der Waals surface area contributed by atoms with E-state index in [4.69, 9.17) is 16.3 Å². The molecule has 0 radical (unpaired) electrons. The van der Waals surface area contributed by atoms with Crippen LogP contribution in [0.25, 0.3) is 0 Å². The zero-order chi connectivity index (χ0) is 17.3. The molecule has 4 heteroatoms. The molecule has 1 heterocycles. The lowest BCUT2D eigenvalue weighted by Crippen LogP contribution is -2.41. The first-order chi connectivity index (χ1) is 11.3. The van der Waals surface area contributed by atoms with Gasteiger partial charge < -0.3 is 10.1 Å². The Morgan fingerprint density at radius 1 is 1.25 bits per heavy atom. The lowest BCUT2D eigenvalue weighted by Gasteiger charge is -2.38. The summed E-state index contributed by atoms with van der Waals surface area (Å²) in [5, 5.41) is 3.84. The molecular formula is C20H22ClNO2. The van der Waals surface area contributed by atoms with Crippen LogP contribution in [0.2, 0.25) is 5.02 Å². The molecule has 2 aromatic carbocycles. The molecule has 0 aliphatic carbocycles. The maximum Gasteiger partial charge on any atom is 0.224 e. The van der Waals surface area contributed by atoms with Crippen molar-refractivity contribution in [2.24, 2.45) is 0 Å². The van der Waals surface area contributed by atoms with Gasteiger partial charge in [-0.15, -0.1) is 0 Å². The van der Waals surface area contributed by atoms with E-state index in [9.17, 15) is 4.79 Å². The van der Waals surface area contributed by atoms with Crippen molar-refractivity contribution in [2.75, 3.05) is 0 Å². The third-order valence-electron chi connectivity index (χ3n) is 4.24. The van der Waals surface area contributed by atoms with Crippen LogP contribution in [0.1, 0.15) is 43.0 Å². The largest absolute Gasteiger partial charge is 0.487 e. The van der Waals surface area contributed by atoms with Crippen molar-refractivity contribution < 1.29 is 9.53 Å². The lowest BCUT2D eigenvalue weighted by atomic mass is 9.89. The molecule has 0 spiro atoms. The van der Waals surface area contributed by atoms with Crippen LogP contribution in [-0.4, -0.2) is 11.5 Å². The normalized spacial score (nSPS) is 18.4. The predicted molar refractivity (Wildman–Crippen MR) is 96.5 cm³/mol. The molecule has 1 aliphatic rings. The number of ether oxygens (including phenoxy) is 1. The van der Waals surface area contributed by atoms with E-state index in [2.05, 4.69) is 11.4 Å². The highest BCUT2D eigenvalue weighted by Gasteiger charge is 2.34. The fraction of sp³-hybridized carbons (Fsp3) is 0.350. The number of hydrogen-bond acceptors (Lipinski definition) is 2. The Balaban J connectivity index is 1.77. The van der Waals surface area contributed by atoms with E-state index < -0.39 is 0 Å². The highest BCUT2D eigenvalue weighted by molar-refractivity contribution is 6.30. The summed E-state index contributed by atoms with van der Waals surface area (Å²) < 4.78 is 6.05. The van der Waals surface area contributed by atoms with Crippen LogP contribution in [0.3, 0.4) is 0 Å². The number of amides is 1. The summed E-state index contributed by atoms with van der Waals surface area (Å²) >= 11 is 5.89. The Bertz CT molecular complexity index is 753. The van der Waals surface area contributed by atoms with Gasteiger partial charge in [0.1, 0.15) is 11.4 Å². The maximum absolute atomic E-state index is 12.5. The van der Waals surface area contributed by atoms with E-state index in [1.54, 1.807) is 12.1 Å². The lowest BCUT2D eigenvalue weighted by molar-refractivity contribution is -0.121. The minimum absolute atomic E-state index is 0.00692. The fourth-order valence-electron chi connectivity index (χ4n) is 3.14. The van der Waals surface area contributed by atoms with Gasteiger partial charge in [-0.25, -0.2) is 0 Å². The number of nitrogens with one attached hydrogen (secondary N) is 1. The van der Waals surface area contributed by atoms with E-state index in [1.165, 1.54) is 0 Å². The summed E-state index contributed by atoms with van der Waals surface area (Å²) in [4.78, 5) is 12.5. The van der Waals surface area contributed by atoms with E-state index >= 15 is 0 Å². The second-order valence-electron chi connectivity index (χ2n) is 7.03. The molecule has 0 bridgehead atoms. The van der Waals surface area contributed by atoms with Gasteiger partial charge in [0.25, 0.3) is 0 Å². The van der Waals surface area contributed by atoms with Crippen LogP contribution >= 0.6 is 11.6 Å². The zero-order valence-electron chi connectivity index (χ0n) is 14.2. The topological polar surface area (TPSA) is 38.3 Å². The maximum atomic E-state index is 12.5. The minimum atomic E-state index is -0.305. The molecule has 0 aromatic heterocycles. The first-order valence-corrected chi connectivity index (χ1v) is 8.53. The van der Waals surface area contributed by atoms with Crippen molar-refractivity contribution in [3.63, 3.8) is 0 Å². The van der Waals surface area contributed by atoms with Gasteiger partial charge in [-0.3, -0.25) is 4.79 Å². The van der Waals surface area contributed by atoms with Gasteiger partial charge in [-0.1, -0.05) is 41.4 Å². The van der Waals surface area contributed by atoms with Crippen LogP contribution in [0.4, 0.5) is 0 Å². The molecule has 24 heavy (non-hydrogen) atoms. The average molecular weight is 344 g/mol. The second-order valence-corrected chi connectivity index (χ2v) is 7.47.